The molecule has 5 heteroatoms. The van der Waals surface area contributed by atoms with Crippen LogP contribution in [0, 0.1) is 0 Å². The number of para-hydroxylation sites is 1. The molecule has 144 valence electrons. The Bertz CT molecular complexity index is 1070. The van der Waals surface area contributed by atoms with Gasteiger partial charge in [0.1, 0.15) is 0 Å². The molecular formula is C23H22ClNO3. The Morgan fingerprint density at radius 2 is 1.93 bits per heavy atom. The number of carboxylic acid groups (broad SMARTS) is 1. The quantitative estimate of drug-likeness (QED) is 0.585. The number of halogens is 1. The lowest BCUT2D eigenvalue weighted by Gasteiger charge is -2.25. The molecule has 1 aliphatic carbocycles. The molecule has 1 aromatic heterocycles. The van der Waals surface area contributed by atoms with E-state index < -0.39 is 5.97 Å². The zero-order chi connectivity index (χ0) is 19.8. The average molecular weight is 396 g/mol. The zero-order valence-electron chi connectivity index (χ0n) is 15.7. The minimum atomic E-state index is -0.784. The second kappa shape index (κ2) is 7.44. The van der Waals surface area contributed by atoms with E-state index in [1.54, 1.807) is 6.92 Å². The Labute approximate surface area is 168 Å². The van der Waals surface area contributed by atoms with Gasteiger partial charge in [-0.2, -0.15) is 0 Å². The van der Waals surface area contributed by atoms with Crippen LogP contribution in [-0.4, -0.2) is 21.4 Å². The number of Topliss-reactive ketones (excluding diaryl/α,β-unsaturated/α-hetero) is 1. The van der Waals surface area contributed by atoms with Crippen molar-refractivity contribution in [2.45, 2.75) is 45.1 Å². The summed E-state index contributed by atoms with van der Waals surface area (Å²) in [5, 5.41) is 11.2. The highest BCUT2D eigenvalue weighted by molar-refractivity contribution is 6.30. The molecule has 2 aromatic carbocycles. The van der Waals surface area contributed by atoms with Crippen LogP contribution in [0.1, 0.15) is 59.3 Å². The van der Waals surface area contributed by atoms with E-state index in [2.05, 4.69) is 10.6 Å². The highest BCUT2D eigenvalue weighted by Crippen LogP contribution is 2.41. The molecule has 0 saturated heterocycles. The largest absolute Gasteiger partial charge is 0.481 e. The molecule has 1 N–H and O–H groups in total. The third-order valence-electron chi connectivity index (χ3n) is 5.65. The first kappa shape index (κ1) is 18.8. The van der Waals surface area contributed by atoms with Crippen molar-refractivity contribution in [2.24, 2.45) is 0 Å². The molecular weight excluding hydrogens is 374 g/mol. The maximum absolute atomic E-state index is 12.4. The number of carboxylic acids is 1. The topological polar surface area (TPSA) is 59.3 Å². The van der Waals surface area contributed by atoms with Gasteiger partial charge in [0.15, 0.2) is 5.78 Å². The lowest BCUT2D eigenvalue weighted by atomic mass is 9.84. The number of fused-ring (bicyclic) bond motifs is 3. The van der Waals surface area contributed by atoms with E-state index in [1.807, 2.05) is 36.4 Å². The van der Waals surface area contributed by atoms with E-state index in [4.69, 9.17) is 11.6 Å². The highest BCUT2D eigenvalue weighted by atomic mass is 35.5. The maximum atomic E-state index is 12.4. The van der Waals surface area contributed by atoms with Crippen LogP contribution in [0.4, 0.5) is 0 Å². The lowest BCUT2D eigenvalue weighted by Crippen LogP contribution is -2.18. The fourth-order valence-electron chi connectivity index (χ4n) is 4.52. The van der Waals surface area contributed by atoms with Crippen molar-refractivity contribution < 1.29 is 14.7 Å². The first-order valence-corrected chi connectivity index (χ1v) is 9.94. The molecule has 4 rings (SSSR count). The van der Waals surface area contributed by atoms with Crippen LogP contribution in [-0.2, 0) is 17.8 Å². The maximum Gasteiger partial charge on any atom is 0.304 e. The Morgan fingerprint density at radius 3 is 2.61 bits per heavy atom. The summed E-state index contributed by atoms with van der Waals surface area (Å²) < 4.78 is 2.18. The number of ketones is 1. The lowest BCUT2D eigenvalue weighted by molar-refractivity contribution is -0.137. The number of aryl methyl sites for hydroxylation is 1. The predicted molar refractivity (Wildman–Crippen MR) is 110 cm³/mol. The predicted octanol–water partition coefficient (Wildman–Crippen LogP) is 5.44. The number of aromatic nitrogens is 1. The second-order valence-corrected chi connectivity index (χ2v) is 7.96. The van der Waals surface area contributed by atoms with Gasteiger partial charge in [-0.25, -0.2) is 0 Å². The molecule has 28 heavy (non-hydrogen) atoms. The summed E-state index contributed by atoms with van der Waals surface area (Å²) in [5.74, 6) is -0.804. The van der Waals surface area contributed by atoms with Crippen molar-refractivity contribution in [3.8, 4) is 0 Å². The molecule has 0 unspecified atom stereocenters. The van der Waals surface area contributed by atoms with Gasteiger partial charge in [-0.3, -0.25) is 9.59 Å². The summed E-state index contributed by atoms with van der Waals surface area (Å²) in [7, 11) is 0. The number of hydrogen-bond acceptors (Lipinski definition) is 2. The van der Waals surface area contributed by atoms with Gasteiger partial charge in [0.25, 0.3) is 0 Å². The molecule has 1 atom stereocenters. The summed E-state index contributed by atoms with van der Waals surface area (Å²) in [5.41, 5.74) is 4.96. The minimum Gasteiger partial charge on any atom is -0.481 e. The van der Waals surface area contributed by atoms with Crippen LogP contribution in [0.25, 0.3) is 10.9 Å². The standard InChI is InChI=1S/C23H22ClNO3/c1-14(26)18-5-3-7-20-19-6-2-4-16(12-21(27)28)22(19)25(23(18)20)13-15-8-10-17(24)11-9-15/h3,5,7-11,16H,2,4,6,12-13H2,1H3,(H,27,28)/t16-/m1/s1. The van der Waals surface area contributed by atoms with Gasteiger partial charge in [0, 0.05) is 34.1 Å². The van der Waals surface area contributed by atoms with Crippen molar-refractivity contribution in [2.75, 3.05) is 0 Å². The van der Waals surface area contributed by atoms with Gasteiger partial charge in [0.05, 0.1) is 11.9 Å². The molecule has 1 heterocycles. The fourth-order valence-corrected chi connectivity index (χ4v) is 4.65. The van der Waals surface area contributed by atoms with Crippen molar-refractivity contribution in [1.82, 2.24) is 4.57 Å². The third kappa shape index (κ3) is 3.33. The number of carbonyl (C=O) groups is 2. The average Bonchev–Trinajstić information content (AvgIpc) is 2.98. The second-order valence-electron chi connectivity index (χ2n) is 7.52. The Balaban J connectivity index is 1.97. The Hall–Kier alpha value is -2.59. The van der Waals surface area contributed by atoms with E-state index in [9.17, 15) is 14.7 Å². The van der Waals surface area contributed by atoms with Gasteiger partial charge < -0.3 is 9.67 Å². The van der Waals surface area contributed by atoms with Crippen LogP contribution in [0.2, 0.25) is 5.02 Å². The molecule has 0 aliphatic heterocycles. The van der Waals surface area contributed by atoms with Crippen LogP contribution >= 0.6 is 11.6 Å². The molecule has 0 spiro atoms. The number of rotatable bonds is 5. The van der Waals surface area contributed by atoms with E-state index in [0.717, 1.165) is 41.4 Å². The van der Waals surface area contributed by atoms with Gasteiger partial charge in [-0.1, -0.05) is 35.9 Å². The molecule has 0 radical (unpaired) electrons. The zero-order valence-corrected chi connectivity index (χ0v) is 16.5. The number of aliphatic carboxylic acids is 1. The van der Waals surface area contributed by atoms with E-state index in [-0.39, 0.29) is 18.1 Å². The summed E-state index contributed by atoms with van der Waals surface area (Å²) in [6.45, 7) is 2.17. The van der Waals surface area contributed by atoms with E-state index in [0.29, 0.717) is 17.1 Å². The van der Waals surface area contributed by atoms with Gasteiger partial charge >= 0.3 is 5.97 Å². The van der Waals surface area contributed by atoms with Gasteiger partial charge in [-0.15, -0.1) is 0 Å². The Kier molecular flexibility index (Phi) is 4.98. The molecule has 0 saturated carbocycles. The monoisotopic (exact) mass is 395 g/mol. The number of benzene rings is 2. The summed E-state index contributed by atoms with van der Waals surface area (Å²) >= 11 is 6.03. The van der Waals surface area contributed by atoms with Crippen molar-refractivity contribution in [3.63, 3.8) is 0 Å². The number of hydrogen-bond donors (Lipinski definition) is 1. The first-order chi connectivity index (χ1) is 13.5. The molecule has 0 fully saturated rings. The molecule has 0 bridgehead atoms. The molecule has 0 amide bonds. The first-order valence-electron chi connectivity index (χ1n) is 9.57. The summed E-state index contributed by atoms with van der Waals surface area (Å²) in [4.78, 5) is 23.9. The van der Waals surface area contributed by atoms with Gasteiger partial charge in [0.2, 0.25) is 0 Å². The normalized spacial score (nSPS) is 16.1. The molecule has 4 nitrogen and oxygen atoms in total. The van der Waals surface area contributed by atoms with Crippen molar-refractivity contribution >= 4 is 34.3 Å². The Morgan fingerprint density at radius 1 is 1.18 bits per heavy atom. The van der Waals surface area contributed by atoms with Crippen LogP contribution in [0.5, 0.6) is 0 Å². The van der Waals surface area contributed by atoms with E-state index in [1.165, 1.54) is 5.56 Å². The number of carbonyl (C=O) groups excluding carboxylic acids is 1. The van der Waals surface area contributed by atoms with Crippen molar-refractivity contribution in [3.05, 3.63) is 69.9 Å². The van der Waals surface area contributed by atoms with Crippen LogP contribution < -0.4 is 0 Å². The summed E-state index contributed by atoms with van der Waals surface area (Å²) in [6.07, 6.45) is 2.84. The molecule has 1 aliphatic rings. The number of nitrogens with zero attached hydrogens (tertiary/aromatic N) is 1. The van der Waals surface area contributed by atoms with Crippen molar-refractivity contribution in [1.29, 1.82) is 0 Å². The van der Waals surface area contributed by atoms with Crippen LogP contribution in [0.3, 0.4) is 0 Å². The highest BCUT2D eigenvalue weighted by Gasteiger charge is 2.30. The van der Waals surface area contributed by atoms with E-state index >= 15 is 0 Å². The minimum absolute atomic E-state index is 0.0209. The van der Waals surface area contributed by atoms with Gasteiger partial charge in [-0.05, 0) is 55.5 Å². The fraction of sp³-hybridized carbons (Fsp3) is 0.304. The SMILES string of the molecule is CC(=O)c1cccc2c3c(n(Cc4ccc(Cl)cc4)c12)[C@@H](CC(=O)O)CCC3. The van der Waals surface area contributed by atoms with Crippen LogP contribution in [0.15, 0.2) is 42.5 Å². The smallest absolute Gasteiger partial charge is 0.304 e. The summed E-state index contributed by atoms with van der Waals surface area (Å²) in [6, 6.07) is 13.5. The molecule has 3 aromatic rings. The third-order valence-corrected chi connectivity index (χ3v) is 5.90.